The summed E-state index contributed by atoms with van der Waals surface area (Å²) in [5.74, 6) is -0.803. The van der Waals surface area contributed by atoms with Gasteiger partial charge in [0.05, 0.1) is 22.7 Å². The molecular formula is C15H11F3N6O. The van der Waals surface area contributed by atoms with Gasteiger partial charge >= 0.3 is 6.18 Å². The van der Waals surface area contributed by atoms with Crippen molar-refractivity contribution < 1.29 is 18.0 Å². The summed E-state index contributed by atoms with van der Waals surface area (Å²) in [4.78, 5) is 16.1. The van der Waals surface area contributed by atoms with E-state index in [4.69, 9.17) is 5.26 Å². The van der Waals surface area contributed by atoms with Crippen LogP contribution in [-0.2, 0) is 17.9 Å². The highest BCUT2D eigenvalue weighted by Gasteiger charge is 2.30. The second-order valence-corrected chi connectivity index (χ2v) is 5.20. The molecule has 0 bridgehead atoms. The van der Waals surface area contributed by atoms with Crippen molar-refractivity contribution in [3.8, 4) is 6.07 Å². The minimum absolute atomic E-state index is 0.116. The summed E-state index contributed by atoms with van der Waals surface area (Å²) in [6, 6.07) is 7.67. The number of hydrogen-bond acceptors (Lipinski definition) is 4. The lowest BCUT2D eigenvalue weighted by Gasteiger charge is -2.12. The number of hydrogen-bond donors (Lipinski definition) is 1. The van der Waals surface area contributed by atoms with Crippen LogP contribution in [0.15, 0.2) is 36.7 Å². The van der Waals surface area contributed by atoms with Gasteiger partial charge in [-0.1, -0.05) is 0 Å². The van der Waals surface area contributed by atoms with Gasteiger partial charge in [-0.15, -0.1) is 0 Å². The highest BCUT2D eigenvalue weighted by molar-refractivity contribution is 5.91. The molecule has 0 radical (unpaired) electrons. The molecule has 0 fully saturated rings. The Labute approximate surface area is 139 Å². The number of carbonyl (C=O) groups excluding carboxylic acids is 1. The lowest BCUT2D eigenvalue weighted by molar-refractivity contribution is -0.139. The Balaban J connectivity index is 1.96. The Morgan fingerprint density at radius 3 is 2.80 bits per heavy atom. The van der Waals surface area contributed by atoms with Crippen molar-refractivity contribution in [3.63, 3.8) is 0 Å². The molecule has 25 heavy (non-hydrogen) atoms. The Bertz CT molecular complexity index is 952. The van der Waals surface area contributed by atoms with Gasteiger partial charge in [-0.05, 0) is 24.3 Å². The standard InChI is InChI=1S/C15H11F3N6O/c16-15(17,18)9-24-12-6-10(7-19)2-3-11(12)21-14(24)22-13(25)8-23-5-1-4-20-23/h1-6H,8-9H2,(H,21,22,25). The van der Waals surface area contributed by atoms with Gasteiger partial charge in [0, 0.05) is 12.4 Å². The number of nitrogens with zero attached hydrogens (tertiary/aromatic N) is 5. The first-order valence-electron chi connectivity index (χ1n) is 7.10. The Morgan fingerprint density at radius 2 is 2.16 bits per heavy atom. The van der Waals surface area contributed by atoms with Gasteiger partial charge in [0.15, 0.2) is 0 Å². The average molecular weight is 348 g/mol. The first kappa shape index (κ1) is 16.5. The van der Waals surface area contributed by atoms with E-state index in [2.05, 4.69) is 15.4 Å². The van der Waals surface area contributed by atoms with Crippen LogP contribution < -0.4 is 5.32 Å². The topological polar surface area (TPSA) is 88.5 Å². The predicted molar refractivity (Wildman–Crippen MR) is 81.4 cm³/mol. The molecule has 1 N–H and O–H groups in total. The van der Waals surface area contributed by atoms with Crippen molar-refractivity contribution in [1.29, 1.82) is 5.26 Å². The van der Waals surface area contributed by atoms with E-state index < -0.39 is 18.6 Å². The number of fused-ring (bicyclic) bond motifs is 1. The van der Waals surface area contributed by atoms with E-state index >= 15 is 0 Å². The summed E-state index contributed by atoms with van der Waals surface area (Å²) in [6.07, 6.45) is -1.48. The van der Waals surface area contributed by atoms with Gasteiger partial charge in [0.25, 0.3) is 0 Å². The second-order valence-electron chi connectivity index (χ2n) is 5.20. The summed E-state index contributed by atoms with van der Waals surface area (Å²) in [6.45, 7) is -1.50. The average Bonchev–Trinajstić information content (AvgIpc) is 3.14. The zero-order valence-electron chi connectivity index (χ0n) is 12.7. The maximum atomic E-state index is 12.9. The molecule has 0 aliphatic heterocycles. The minimum Gasteiger partial charge on any atom is -0.301 e. The van der Waals surface area contributed by atoms with Gasteiger partial charge < -0.3 is 4.57 Å². The molecule has 7 nitrogen and oxygen atoms in total. The number of aromatic nitrogens is 4. The first-order valence-corrected chi connectivity index (χ1v) is 7.10. The molecule has 0 spiro atoms. The third kappa shape index (κ3) is 3.77. The van der Waals surface area contributed by atoms with Crippen molar-refractivity contribution in [2.75, 3.05) is 5.32 Å². The highest BCUT2D eigenvalue weighted by Crippen LogP contribution is 2.26. The monoisotopic (exact) mass is 348 g/mol. The largest absolute Gasteiger partial charge is 0.406 e. The summed E-state index contributed by atoms with van der Waals surface area (Å²) in [5, 5.41) is 15.2. The predicted octanol–water partition coefficient (Wildman–Crippen LogP) is 2.31. The van der Waals surface area contributed by atoms with Crippen LogP contribution in [0.2, 0.25) is 0 Å². The molecule has 2 heterocycles. The van der Waals surface area contributed by atoms with Crippen molar-refractivity contribution in [3.05, 3.63) is 42.2 Å². The van der Waals surface area contributed by atoms with E-state index in [9.17, 15) is 18.0 Å². The molecule has 0 atom stereocenters. The fourth-order valence-electron chi connectivity index (χ4n) is 2.33. The number of halogens is 3. The third-order valence-electron chi connectivity index (χ3n) is 3.33. The summed E-state index contributed by atoms with van der Waals surface area (Å²) in [5.41, 5.74) is 0.564. The maximum absolute atomic E-state index is 12.9. The van der Waals surface area contributed by atoms with Crippen LogP contribution in [0.3, 0.4) is 0 Å². The van der Waals surface area contributed by atoms with Crippen molar-refractivity contribution >= 4 is 22.9 Å². The molecule has 128 valence electrons. The fraction of sp³-hybridized carbons (Fsp3) is 0.200. The van der Waals surface area contributed by atoms with Crippen LogP contribution in [0.1, 0.15) is 5.56 Å². The molecule has 3 rings (SSSR count). The smallest absolute Gasteiger partial charge is 0.301 e. The van der Waals surface area contributed by atoms with Crippen LogP contribution in [0.4, 0.5) is 19.1 Å². The van der Waals surface area contributed by atoms with Crippen LogP contribution >= 0.6 is 0 Å². The van der Waals surface area contributed by atoms with Crippen LogP contribution in [-0.4, -0.2) is 31.4 Å². The first-order chi connectivity index (χ1) is 11.9. The van der Waals surface area contributed by atoms with E-state index in [0.717, 1.165) is 4.57 Å². The van der Waals surface area contributed by atoms with Gasteiger partial charge in [0.1, 0.15) is 13.1 Å². The fourth-order valence-corrected chi connectivity index (χ4v) is 2.33. The summed E-state index contributed by atoms with van der Waals surface area (Å²) < 4.78 is 40.9. The van der Waals surface area contributed by atoms with E-state index in [-0.39, 0.29) is 29.1 Å². The quantitative estimate of drug-likeness (QED) is 0.784. The molecule has 1 amide bonds. The summed E-state index contributed by atoms with van der Waals surface area (Å²) in [7, 11) is 0. The van der Waals surface area contributed by atoms with Gasteiger partial charge in [0.2, 0.25) is 11.9 Å². The van der Waals surface area contributed by atoms with Crippen LogP contribution in [0, 0.1) is 11.3 Å². The molecule has 3 aromatic rings. The van der Waals surface area contributed by atoms with Crippen molar-refractivity contribution in [2.45, 2.75) is 19.3 Å². The SMILES string of the molecule is N#Cc1ccc2nc(NC(=O)Cn3cccn3)n(CC(F)(F)F)c2c1. The number of amides is 1. The van der Waals surface area contributed by atoms with Gasteiger partial charge in [-0.2, -0.15) is 23.5 Å². The van der Waals surface area contributed by atoms with Gasteiger partial charge in [-0.3, -0.25) is 14.8 Å². The van der Waals surface area contributed by atoms with Crippen molar-refractivity contribution in [1.82, 2.24) is 19.3 Å². The number of rotatable bonds is 4. The molecule has 0 saturated carbocycles. The number of carbonyl (C=O) groups is 1. The summed E-state index contributed by atoms with van der Waals surface area (Å²) >= 11 is 0. The number of benzene rings is 1. The minimum atomic E-state index is -4.52. The van der Waals surface area contributed by atoms with Crippen LogP contribution in [0.25, 0.3) is 11.0 Å². The Hall–Kier alpha value is -3.35. The molecule has 2 aromatic heterocycles. The molecule has 0 aliphatic carbocycles. The molecule has 10 heteroatoms. The maximum Gasteiger partial charge on any atom is 0.406 e. The number of nitrogens with one attached hydrogen (secondary N) is 1. The normalized spacial score (nSPS) is 11.4. The van der Waals surface area contributed by atoms with E-state index in [1.807, 2.05) is 6.07 Å². The lowest BCUT2D eigenvalue weighted by Crippen LogP contribution is -2.24. The third-order valence-corrected chi connectivity index (χ3v) is 3.33. The van der Waals surface area contributed by atoms with Crippen LogP contribution in [0.5, 0.6) is 0 Å². The molecular weight excluding hydrogens is 337 g/mol. The van der Waals surface area contributed by atoms with E-state index in [1.165, 1.54) is 29.1 Å². The number of imidazole rings is 1. The Morgan fingerprint density at radius 1 is 1.36 bits per heavy atom. The molecule has 0 saturated heterocycles. The zero-order valence-corrected chi connectivity index (χ0v) is 12.7. The number of alkyl halides is 3. The molecule has 0 aliphatic rings. The van der Waals surface area contributed by atoms with Gasteiger partial charge in [-0.25, -0.2) is 4.98 Å². The Kier molecular flexibility index (Phi) is 4.14. The lowest BCUT2D eigenvalue weighted by atomic mass is 10.2. The number of nitriles is 1. The second kappa shape index (κ2) is 6.27. The highest BCUT2D eigenvalue weighted by atomic mass is 19.4. The van der Waals surface area contributed by atoms with Crippen molar-refractivity contribution in [2.24, 2.45) is 0 Å². The number of anilines is 1. The van der Waals surface area contributed by atoms with E-state index in [1.54, 1.807) is 12.3 Å². The molecule has 1 aromatic carbocycles. The van der Waals surface area contributed by atoms with E-state index in [0.29, 0.717) is 0 Å². The molecule has 0 unspecified atom stereocenters. The zero-order chi connectivity index (χ0) is 18.0.